The summed E-state index contributed by atoms with van der Waals surface area (Å²) in [6, 6.07) is 28.2. The second kappa shape index (κ2) is 5.08. The van der Waals surface area contributed by atoms with Crippen molar-refractivity contribution in [2.75, 3.05) is 0 Å². The maximum Gasteiger partial charge on any atom is 0.115 e. The van der Waals surface area contributed by atoms with Gasteiger partial charge in [0, 0.05) is 11.1 Å². The average Bonchev–Trinajstić information content (AvgIpc) is 2.96. The largest absolute Gasteiger partial charge is 0.508 e. The van der Waals surface area contributed by atoms with Crippen molar-refractivity contribution in [1.29, 1.82) is 0 Å². The number of phenolic OH excluding ortho intramolecular Hbond substituents is 1. The normalized spacial score (nSPS) is 10.9. The number of aromatic nitrogens is 1. The summed E-state index contributed by atoms with van der Waals surface area (Å²) in [6.45, 7) is 0. The summed E-state index contributed by atoms with van der Waals surface area (Å²) < 4.78 is 2.23. The van der Waals surface area contributed by atoms with E-state index in [9.17, 15) is 5.11 Å². The van der Waals surface area contributed by atoms with Crippen LogP contribution in [0.25, 0.3) is 27.8 Å². The van der Waals surface area contributed by atoms with Crippen LogP contribution in [0.4, 0.5) is 0 Å². The maximum absolute atomic E-state index is 9.54. The molecule has 0 amide bonds. The van der Waals surface area contributed by atoms with Crippen molar-refractivity contribution >= 4 is 10.9 Å². The molecule has 1 N–H and O–H groups in total. The van der Waals surface area contributed by atoms with Crippen LogP contribution in [-0.2, 0) is 0 Å². The Kier molecular flexibility index (Phi) is 2.94. The molecule has 3 aromatic carbocycles. The summed E-state index contributed by atoms with van der Waals surface area (Å²) >= 11 is 0. The molecule has 1 aromatic heterocycles. The van der Waals surface area contributed by atoms with Gasteiger partial charge < -0.3 is 9.67 Å². The summed E-state index contributed by atoms with van der Waals surface area (Å²) in [7, 11) is 0. The van der Waals surface area contributed by atoms with Crippen LogP contribution in [0.1, 0.15) is 0 Å². The lowest BCUT2D eigenvalue weighted by atomic mass is 10.1. The number of para-hydroxylation sites is 1. The molecule has 0 saturated heterocycles. The van der Waals surface area contributed by atoms with Gasteiger partial charge in [0.25, 0.3) is 0 Å². The van der Waals surface area contributed by atoms with Crippen molar-refractivity contribution in [2.24, 2.45) is 0 Å². The summed E-state index contributed by atoms with van der Waals surface area (Å²) in [5, 5.41) is 10.7. The summed E-state index contributed by atoms with van der Waals surface area (Å²) in [4.78, 5) is 0. The van der Waals surface area contributed by atoms with E-state index in [1.807, 2.05) is 36.4 Å². The molecule has 4 aromatic rings. The Hall–Kier alpha value is -3.00. The number of fused-ring (bicyclic) bond motifs is 1. The molecule has 0 bridgehead atoms. The Bertz CT molecular complexity index is 921. The third kappa shape index (κ3) is 2.06. The smallest absolute Gasteiger partial charge is 0.115 e. The lowest BCUT2D eigenvalue weighted by Crippen LogP contribution is -1.96. The minimum Gasteiger partial charge on any atom is -0.508 e. The molecule has 0 saturated carbocycles. The first-order valence-electron chi connectivity index (χ1n) is 7.28. The number of hydrogen-bond donors (Lipinski definition) is 1. The molecular formula is C20H15NO. The molecule has 106 valence electrons. The second-order valence-corrected chi connectivity index (χ2v) is 5.31. The molecule has 0 radical (unpaired) electrons. The van der Waals surface area contributed by atoms with Gasteiger partial charge in [-0.25, -0.2) is 0 Å². The van der Waals surface area contributed by atoms with Gasteiger partial charge in [0.15, 0.2) is 0 Å². The van der Waals surface area contributed by atoms with Crippen LogP contribution in [0, 0.1) is 0 Å². The van der Waals surface area contributed by atoms with Crippen LogP contribution in [0.3, 0.4) is 0 Å². The Balaban J connectivity index is 2.04. The van der Waals surface area contributed by atoms with Crippen molar-refractivity contribution < 1.29 is 5.11 Å². The van der Waals surface area contributed by atoms with Crippen molar-refractivity contribution in [2.45, 2.75) is 0 Å². The van der Waals surface area contributed by atoms with Crippen LogP contribution in [-0.4, -0.2) is 9.67 Å². The number of nitrogens with zero attached hydrogens (tertiary/aromatic N) is 1. The van der Waals surface area contributed by atoms with Gasteiger partial charge in [-0.2, -0.15) is 0 Å². The van der Waals surface area contributed by atoms with E-state index in [4.69, 9.17) is 0 Å². The molecule has 2 nitrogen and oxygen atoms in total. The molecule has 22 heavy (non-hydrogen) atoms. The number of aromatic hydroxyl groups is 1. The van der Waals surface area contributed by atoms with Gasteiger partial charge in [0.05, 0.1) is 11.2 Å². The number of rotatable bonds is 2. The fourth-order valence-corrected chi connectivity index (χ4v) is 2.86. The highest BCUT2D eigenvalue weighted by molar-refractivity contribution is 5.89. The Morgan fingerprint density at radius 1 is 0.682 bits per heavy atom. The first kappa shape index (κ1) is 12.7. The van der Waals surface area contributed by atoms with E-state index in [2.05, 4.69) is 41.0 Å². The summed E-state index contributed by atoms with van der Waals surface area (Å²) in [6.07, 6.45) is 0. The maximum atomic E-state index is 9.54. The van der Waals surface area contributed by atoms with Crippen LogP contribution >= 0.6 is 0 Å². The molecule has 0 aliphatic rings. The van der Waals surface area contributed by atoms with Gasteiger partial charge in [0.2, 0.25) is 0 Å². The predicted molar refractivity (Wildman–Crippen MR) is 90.4 cm³/mol. The molecular weight excluding hydrogens is 270 g/mol. The molecule has 0 unspecified atom stereocenters. The van der Waals surface area contributed by atoms with E-state index in [-0.39, 0.29) is 5.75 Å². The van der Waals surface area contributed by atoms with E-state index in [1.54, 1.807) is 12.1 Å². The fraction of sp³-hybridized carbons (Fsp3) is 0. The van der Waals surface area contributed by atoms with Crippen molar-refractivity contribution in [3.63, 3.8) is 0 Å². The molecule has 0 aliphatic heterocycles. The Labute approximate surface area is 128 Å². The predicted octanol–water partition coefficient (Wildman–Crippen LogP) is 5.00. The van der Waals surface area contributed by atoms with Gasteiger partial charge in [-0.15, -0.1) is 0 Å². The lowest BCUT2D eigenvalue weighted by Gasteiger charge is -2.11. The highest BCUT2D eigenvalue weighted by Crippen LogP contribution is 2.31. The Morgan fingerprint density at radius 3 is 2.14 bits per heavy atom. The third-order valence-electron chi connectivity index (χ3n) is 3.89. The van der Waals surface area contributed by atoms with E-state index >= 15 is 0 Å². The topological polar surface area (TPSA) is 25.2 Å². The van der Waals surface area contributed by atoms with Gasteiger partial charge in [-0.3, -0.25) is 0 Å². The summed E-state index contributed by atoms with van der Waals surface area (Å²) in [5.74, 6) is 0.279. The van der Waals surface area contributed by atoms with Gasteiger partial charge in [0.1, 0.15) is 5.75 Å². The minimum absolute atomic E-state index is 0.279. The lowest BCUT2D eigenvalue weighted by molar-refractivity contribution is 0.475. The number of phenols is 1. The van der Waals surface area contributed by atoms with Crippen LogP contribution in [0.15, 0.2) is 84.9 Å². The van der Waals surface area contributed by atoms with E-state index in [1.165, 1.54) is 10.9 Å². The van der Waals surface area contributed by atoms with E-state index in [0.29, 0.717) is 0 Å². The quantitative estimate of drug-likeness (QED) is 0.550. The fourth-order valence-electron chi connectivity index (χ4n) is 2.86. The molecule has 0 spiro atoms. The molecule has 2 heteroatoms. The van der Waals surface area contributed by atoms with Gasteiger partial charge >= 0.3 is 0 Å². The second-order valence-electron chi connectivity index (χ2n) is 5.31. The first-order chi connectivity index (χ1) is 10.8. The Morgan fingerprint density at radius 2 is 1.36 bits per heavy atom. The first-order valence-corrected chi connectivity index (χ1v) is 7.28. The van der Waals surface area contributed by atoms with Crippen LogP contribution in [0.5, 0.6) is 5.75 Å². The standard InChI is InChI=1S/C20H15NO/c22-18-12-10-17(11-13-18)21-19-9-5-4-8-16(19)14-20(21)15-6-2-1-3-7-15/h1-14,22H. The molecule has 4 rings (SSSR count). The zero-order valence-corrected chi connectivity index (χ0v) is 12.0. The number of hydrogen-bond acceptors (Lipinski definition) is 1. The highest BCUT2D eigenvalue weighted by atomic mass is 16.3. The molecule has 0 atom stereocenters. The van der Waals surface area contributed by atoms with Crippen LogP contribution < -0.4 is 0 Å². The van der Waals surface area contributed by atoms with Gasteiger partial charge in [-0.05, 0) is 42.0 Å². The van der Waals surface area contributed by atoms with E-state index in [0.717, 1.165) is 16.9 Å². The number of benzene rings is 3. The monoisotopic (exact) mass is 285 g/mol. The molecule has 0 aliphatic carbocycles. The summed E-state index contributed by atoms with van der Waals surface area (Å²) in [5.41, 5.74) is 4.52. The SMILES string of the molecule is Oc1ccc(-n2c(-c3ccccc3)cc3ccccc32)cc1. The molecule has 0 fully saturated rings. The third-order valence-corrected chi connectivity index (χ3v) is 3.89. The average molecular weight is 285 g/mol. The zero-order valence-electron chi connectivity index (χ0n) is 12.0. The van der Waals surface area contributed by atoms with Crippen LogP contribution in [0.2, 0.25) is 0 Å². The highest BCUT2D eigenvalue weighted by Gasteiger charge is 2.11. The van der Waals surface area contributed by atoms with Crippen molar-refractivity contribution in [3.05, 3.63) is 84.9 Å². The minimum atomic E-state index is 0.279. The van der Waals surface area contributed by atoms with Crippen molar-refractivity contribution in [3.8, 4) is 22.7 Å². The molecule has 1 heterocycles. The van der Waals surface area contributed by atoms with Gasteiger partial charge in [-0.1, -0.05) is 48.5 Å². The van der Waals surface area contributed by atoms with Crippen molar-refractivity contribution in [1.82, 2.24) is 4.57 Å². The zero-order chi connectivity index (χ0) is 14.9. The van der Waals surface area contributed by atoms with E-state index < -0.39 is 0 Å².